The summed E-state index contributed by atoms with van der Waals surface area (Å²) >= 11 is 0. The van der Waals surface area contributed by atoms with Crippen LogP contribution in [-0.2, 0) is 0 Å². The molecular formula is C19H17F4N3O2. The minimum absolute atomic E-state index is 0.0439. The number of benzene rings is 2. The standard InChI is InChI=1S/C19H17F4N3O2/c20-16-10-12(11-24)9-15(18(16)27)17(26-7-5-25-6-8-26)13-1-3-14(4-2-13)28-19(21,22)23/h1-4,9-10,17,25,27H,5-8H2/t17-/m0/s1. The van der Waals surface area contributed by atoms with Crippen LogP contribution in [0, 0.1) is 17.1 Å². The van der Waals surface area contributed by atoms with Crippen LogP contribution in [0.15, 0.2) is 36.4 Å². The summed E-state index contributed by atoms with van der Waals surface area (Å²) in [6, 6.07) is 8.75. The number of alkyl halides is 3. The third-order valence-electron chi connectivity index (χ3n) is 4.46. The van der Waals surface area contributed by atoms with E-state index in [0.29, 0.717) is 31.7 Å². The van der Waals surface area contributed by atoms with Gasteiger partial charge in [-0.05, 0) is 29.8 Å². The van der Waals surface area contributed by atoms with Crippen LogP contribution in [0.25, 0.3) is 0 Å². The van der Waals surface area contributed by atoms with E-state index in [-0.39, 0.29) is 16.9 Å². The number of phenols is 1. The van der Waals surface area contributed by atoms with E-state index >= 15 is 0 Å². The van der Waals surface area contributed by atoms with Crippen molar-refractivity contribution in [1.82, 2.24) is 10.2 Å². The number of rotatable bonds is 4. The summed E-state index contributed by atoms with van der Waals surface area (Å²) in [5, 5.41) is 22.6. The molecule has 2 aromatic carbocycles. The van der Waals surface area contributed by atoms with Crippen molar-refractivity contribution < 1.29 is 27.4 Å². The lowest BCUT2D eigenvalue weighted by Gasteiger charge is -2.36. The fourth-order valence-electron chi connectivity index (χ4n) is 3.27. The Balaban J connectivity index is 2.04. The molecule has 1 heterocycles. The van der Waals surface area contributed by atoms with Crippen LogP contribution < -0.4 is 10.1 Å². The summed E-state index contributed by atoms with van der Waals surface area (Å²) in [6.45, 7) is 2.46. The van der Waals surface area contributed by atoms with Crippen molar-refractivity contribution in [3.05, 3.63) is 58.9 Å². The number of nitrogens with one attached hydrogen (secondary N) is 1. The highest BCUT2D eigenvalue weighted by Gasteiger charge is 2.32. The van der Waals surface area contributed by atoms with Gasteiger partial charge in [0, 0.05) is 31.7 Å². The van der Waals surface area contributed by atoms with Crippen molar-refractivity contribution in [2.45, 2.75) is 12.4 Å². The smallest absolute Gasteiger partial charge is 0.505 e. The summed E-state index contributed by atoms with van der Waals surface area (Å²) in [7, 11) is 0. The minimum atomic E-state index is -4.80. The van der Waals surface area contributed by atoms with Gasteiger partial charge in [0.1, 0.15) is 5.75 Å². The number of aromatic hydroxyl groups is 1. The Labute approximate surface area is 158 Å². The number of nitriles is 1. The Hall–Kier alpha value is -2.83. The Kier molecular flexibility index (Phi) is 5.72. The van der Waals surface area contributed by atoms with Gasteiger partial charge in [-0.1, -0.05) is 12.1 Å². The molecule has 0 aliphatic carbocycles. The molecule has 0 aromatic heterocycles. The van der Waals surface area contributed by atoms with E-state index < -0.39 is 24.0 Å². The van der Waals surface area contributed by atoms with Gasteiger partial charge in [0.25, 0.3) is 0 Å². The summed E-state index contributed by atoms with van der Waals surface area (Å²) < 4.78 is 55.2. The summed E-state index contributed by atoms with van der Waals surface area (Å²) in [4.78, 5) is 1.96. The second kappa shape index (κ2) is 8.04. The molecule has 0 amide bonds. The van der Waals surface area contributed by atoms with Crippen molar-refractivity contribution in [2.75, 3.05) is 26.2 Å². The normalized spacial score (nSPS) is 16.4. The molecule has 2 N–H and O–H groups in total. The van der Waals surface area contributed by atoms with Crippen LogP contribution in [0.5, 0.6) is 11.5 Å². The van der Waals surface area contributed by atoms with Gasteiger partial charge in [0.2, 0.25) is 0 Å². The highest BCUT2D eigenvalue weighted by Crippen LogP contribution is 2.37. The SMILES string of the molecule is N#Cc1cc(F)c(O)c([C@H](c2ccc(OC(F)(F)F)cc2)N2CCNCC2)c1. The molecule has 9 heteroatoms. The number of ether oxygens (including phenoxy) is 1. The number of hydrogen-bond donors (Lipinski definition) is 2. The van der Waals surface area contributed by atoms with Crippen molar-refractivity contribution in [1.29, 1.82) is 5.26 Å². The molecule has 0 radical (unpaired) electrons. The summed E-state index contributed by atoms with van der Waals surface area (Å²) in [6.07, 6.45) is -4.80. The van der Waals surface area contributed by atoms with Gasteiger partial charge < -0.3 is 15.2 Å². The zero-order valence-electron chi connectivity index (χ0n) is 14.6. The van der Waals surface area contributed by atoms with Gasteiger partial charge in [-0.3, -0.25) is 4.90 Å². The first-order valence-electron chi connectivity index (χ1n) is 8.51. The molecule has 2 aromatic rings. The monoisotopic (exact) mass is 395 g/mol. The molecular weight excluding hydrogens is 378 g/mol. The Morgan fingerprint density at radius 2 is 1.79 bits per heavy atom. The van der Waals surface area contributed by atoms with Crippen LogP contribution in [0.1, 0.15) is 22.7 Å². The molecule has 3 rings (SSSR count). The lowest BCUT2D eigenvalue weighted by atomic mass is 9.94. The second-order valence-electron chi connectivity index (χ2n) is 6.31. The van der Waals surface area contributed by atoms with Gasteiger partial charge in [-0.25, -0.2) is 4.39 Å². The third kappa shape index (κ3) is 4.52. The number of halogens is 4. The van der Waals surface area contributed by atoms with Crippen molar-refractivity contribution in [3.63, 3.8) is 0 Å². The van der Waals surface area contributed by atoms with Crippen molar-refractivity contribution in [2.24, 2.45) is 0 Å². The first-order chi connectivity index (χ1) is 13.3. The highest BCUT2D eigenvalue weighted by molar-refractivity contribution is 5.48. The zero-order valence-corrected chi connectivity index (χ0v) is 14.6. The minimum Gasteiger partial charge on any atom is -0.505 e. The molecule has 0 bridgehead atoms. The molecule has 148 valence electrons. The van der Waals surface area contributed by atoms with Crippen LogP contribution >= 0.6 is 0 Å². The number of piperazine rings is 1. The predicted molar refractivity (Wildman–Crippen MR) is 92.2 cm³/mol. The third-order valence-corrected chi connectivity index (χ3v) is 4.46. The Bertz CT molecular complexity index is 872. The van der Waals surface area contributed by atoms with E-state index in [1.165, 1.54) is 30.3 Å². The quantitative estimate of drug-likeness (QED) is 0.778. The average Bonchev–Trinajstić information content (AvgIpc) is 2.66. The average molecular weight is 395 g/mol. The predicted octanol–water partition coefficient (Wildman–Crippen LogP) is 3.30. The van der Waals surface area contributed by atoms with Gasteiger partial charge in [0.05, 0.1) is 17.7 Å². The Morgan fingerprint density at radius 1 is 1.14 bits per heavy atom. The van der Waals surface area contributed by atoms with E-state index in [4.69, 9.17) is 5.26 Å². The number of hydrogen-bond acceptors (Lipinski definition) is 5. The lowest BCUT2D eigenvalue weighted by molar-refractivity contribution is -0.274. The maximum Gasteiger partial charge on any atom is 0.573 e. The molecule has 1 aliphatic rings. The maximum absolute atomic E-state index is 14.1. The van der Waals surface area contributed by atoms with E-state index in [1.54, 1.807) is 0 Å². The number of nitrogens with zero attached hydrogens (tertiary/aromatic N) is 2. The fourth-order valence-corrected chi connectivity index (χ4v) is 3.27. The van der Waals surface area contributed by atoms with Gasteiger partial charge in [-0.2, -0.15) is 5.26 Å². The van der Waals surface area contributed by atoms with E-state index in [0.717, 1.165) is 6.07 Å². The van der Waals surface area contributed by atoms with Crippen molar-refractivity contribution >= 4 is 0 Å². The zero-order chi connectivity index (χ0) is 20.3. The highest BCUT2D eigenvalue weighted by atomic mass is 19.4. The Morgan fingerprint density at radius 3 is 2.36 bits per heavy atom. The number of phenolic OH excluding ortho intramolecular Hbond substituents is 1. The van der Waals surface area contributed by atoms with Crippen LogP contribution in [-0.4, -0.2) is 42.5 Å². The maximum atomic E-state index is 14.1. The first kappa shape index (κ1) is 19.9. The summed E-state index contributed by atoms with van der Waals surface area (Å²) in [5.74, 6) is -1.89. The molecule has 0 spiro atoms. The molecule has 1 saturated heterocycles. The van der Waals surface area contributed by atoms with Gasteiger partial charge >= 0.3 is 6.36 Å². The molecule has 1 aliphatic heterocycles. The lowest BCUT2D eigenvalue weighted by Crippen LogP contribution is -2.45. The van der Waals surface area contributed by atoms with Crippen LogP contribution in [0.3, 0.4) is 0 Å². The molecule has 0 saturated carbocycles. The topological polar surface area (TPSA) is 68.5 Å². The molecule has 1 fully saturated rings. The van der Waals surface area contributed by atoms with Crippen molar-refractivity contribution in [3.8, 4) is 17.6 Å². The van der Waals surface area contributed by atoms with E-state index in [2.05, 4.69) is 10.1 Å². The fraction of sp³-hybridized carbons (Fsp3) is 0.316. The van der Waals surface area contributed by atoms with Crippen LogP contribution in [0.2, 0.25) is 0 Å². The van der Waals surface area contributed by atoms with E-state index in [1.807, 2.05) is 11.0 Å². The van der Waals surface area contributed by atoms with Gasteiger partial charge in [0.15, 0.2) is 11.6 Å². The second-order valence-corrected chi connectivity index (χ2v) is 6.31. The van der Waals surface area contributed by atoms with E-state index in [9.17, 15) is 22.7 Å². The first-order valence-corrected chi connectivity index (χ1v) is 8.51. The largest absolute Gasteiger partial charge is 0.573 e. The van der Waals surface area contributed by atoms with Gasteiger partial charge in [-0.15, -0.1) is 13.2 Å². The van der Waals surface area contributed by atoms with Crippen LogP contribution in [0.4, 0.5) is 17.6 Å². The molecule has 0 unspecified atom stereocenters. The summed E-state index contributed by atoms with van der Waals surface area (Å²) in [5.41, 5.74) is 0.770. The molecule has 1 atom stereocenters. The molecule has 5 nitrogen and oxygen atoms in total. The molecule has 28 heavy (non-hydrogen) atoms.